The smallest absolute Gasteiger partial charge is 0.111 e. The number of hydrogen-bond acceptors (Lipinski definition) is 4. The summed E-state index contributed by atoms with van der Waals surface area (Å²) in [6.45, 7) is 10.4. The van der Waals surface area contributed by atoms with E-state index in [0.29, 0.717) is 11.8 Å². The van der Waals surface area contributed by atoms with Crippen LogP contribution in [0.15, 0.2) is 23.0 Å². The van der Waals surface area contributed by atoms with Gasteiger partial charge in [-0.1, -0.05) is 32.0 Å². The first-order valence-corrected chi connectivity index (χ1v) is 6.99. The van der Waals surface area contributed by atoms with Crippen molar-refractivity contribution in [3.8, 4) is 0 Å². The van der Waals surface area contributed by atoms with Crippen molar-refractivity contribution in [2.45, 2.75) is 47.0 Å². The Balaban J connectivity index is 2.90. The second kappa shape index (κ2) is 7.24. The van der Waals surface area contributed by atoms with Crippen LogP contribution in [0.1, 0.15) is 52.1 Å². The predicted molar refractivity (Wildman–Crippen MR) is 82.3 cm³/mol. The topological polar surface area (TPSA) is 65.4 Å². The Bertz CT molecular complexity index is 500. The molecule has 0 amide bonds. The first-order valence-electron chi connectivity index (χ1n) is 6.99. The molecule has 20 heavy (non-hydrogen) atoms. The van der Waals surface area contributed by atoms with E-state index in [2.05, 4.69) is 53.5 Å². The number of aromatic nitrogens is 2. The molecule has 1 rings (SSSR count). The Labute approximate surface area is 121 Å². The van der Waals surface area contributed by atoms with Gasteiger partial charge in [-0.25, -0.2) is 4.98 Å². The quantitative estimate of drug-likeness (QED) is 0.642. The van der Waals surface area contributed by atoms with Gasteiger partial charge in [0.2, 0.25) is 0 Å². The molecule has 1 heterocycles. The molecule has 0 bridgehead atoms. The Morgan fingerprint density at radius 2 is 2.15 bits per heavy atom. The standard InChI is InChI=1S/C15H26N4O/c1-7-14(12(5)18-20-16)11(4)8-13-9-17-15(10(2)3)19(13)6/h7,9-11H,8,16H2,1-6H3/b14-7-,18-12-. The van der Waals surface area contributed by atoms with E-state index in [1.807, 2.05) is 20.0 Å². The fraction of sp³-hybridized carbons (Fsp3) is 0.600. The van der Waals surface area contributed by atoms with Gasteiger partial charge < -0.3 is 9.51 Å². The van der Waals surface area contributed by atoms with Crippen molar-refractivity contribution < 1.29 is 4.94 Å². The molecule has 2 N–H and O–H groups in total. The van der Waals surface area contributed by atoms with Gasteiger partial charge in [0.25, 0.3) is 0 Å². The van der Waals surface area contributed by atoms with E-state index in [9.17, 15) is 0 Å². The number of hydrogen-bond donors (Lipinski definition) is 1. The Morgan fingerprint density at radius 3 is 2.60 bits per heavy atom. The van der Waals surface area contributed by atoms with Crippen LogP contribution < -0.4 is 5.90 Å². The Morgan fingerprint density at radius 1 is 1.50 bits per heavy atom. The number of nitrogens with zero attached hydrogens (tertiary/aromatic N) is 3. The van der Waals surface area contributed by atoms with Gasteiger partial charge in [-0.2, -0.15) is 0 Å². The number of rotatable bonds is 6. The fourth-order valence-corrected chi connectivity index (χ4v) is 2.59. The zero-order chi connectivity index (χ0) is 15.3. The third-order valence-electron chi connectivity index (χ3n) is 3.60. The second-order valence-corrected chi connectivity index (χ2v) is 5.45. The summed E-state index contributed by atoms with van der Waals surface area (Å²) in [6, 6.07) is 0. The lowest BCUT2D eigenvalue weighted by Gasteiger charge is -2.16. The lowest BCUT2D eigenvalue weighted by molar-refractivity contribution is 0.148. The molecule has 0 radical (unpaired) electrons. The van der Waals surface area contributed by atoms with Gasteiger partial charge in [-0.05, 0) is 31.8 Å². The van der Waals surface area contributed by atoms with Gasteiger partial charge in [-0.3, -0.25) is 0 Å². The molecule has 1 aromatic heterocycles. The lowest BCUT2D eigenvalue weighted by Crippen LogP contribution is -2.14. The zero-order valence-electron chi connectivity index (χ0n) is 13.3. The van der Waals surface area contributed by atoms with Crippen molar-refractivity contribution in [3.63, 3.8) is 0 Å². The van der Waals surface area contributed by atoms with Gasteiger partial charge in [0, 0.05) is 24.9 Å². The van der Waals surface area contributed by atoms with Gasteiger partial charge in [0.15, 0.2) is 0 Å². The van der Waals surface area contributed by atoms with Gasteiger partial charge in [0.1, 0.15) is 5.82 Å². The van der Waals surface area contributed by atoms with Crippen molar-refractivity contribution in [2.75, 3.05) is 0 Å². The van der Waals surface area contributed by atoms with Crippen LogP contribution >= 0.6 is 0 Å². The number of nitrogens with two attached hydrogens (primary N) is 1. The average Bonchev–Trinajstić information content (AvgIpc) is 2.72. The summed E-state index contributed by atoms with van der Waals surface area (Å²) in [7, 11) is 2.07. The minimum absolute atomic E-state index is 0.328. The maximum atomic E-state index is 5.01. The minimum Gasteiger partial charge on any atom is -0.335 e. The number of imidazole rings is 1. The summed E-state index contributed by atoms with van der Waals surface area (Å²) in [5, 5.41) is 3.82. The third-order valence-corrected chi connectivity index (χ3v) is 3.60. The van der Waals surface area contributed by atoms with Crippen molar-refractivity contribution >= 4 is 5.71 Å². The molecule has 1 atom stereocenters. The highest BCUT2D eigenvalue weighted by Crippen LogP contribution is 2.21. The molecule has 5 heteroatoms. The molecule has 0 saturated carbocycles. The molecule has 0 aliphatic heterocycles. The van der Waals surface area contributed by atoms with Gasteiger partial charge >= 0.3 is 0 Å². The van der Waals surface area contributed by atoms with Crippen molar-refractivity contribution in [1.82, 2.24) is 9.55 Å². The monoisotopic (exact) mass is 278 g/mol. The van der Waals surface area contributed by atoms with E-state index in [1.165, 1.54) is 5.69 Å². The number of allylic oxidation sites excluding steroid dienone is 2. The van der Waals surface area contributed by atoms with Crippen LogP contribution in [-0.4, -0.2) is 15.3 Å². The molecular formula is C15H26N4O. The third kappa shape index (κ3) is 3.70. The van der Waals surface area contributed by atoms with Crippen LogP contribution in [0.4, 0.5) is 0 Å². The molecule has 0 spiro atoms. The largest absolute Gasteiger partial charge is 0.335 e. The van der Waals surface area contributed by atoms with E-state index < -0.39 is 0 Å². The first-order chi connectivity index (χ1) is 9.42. The molecule has 5 nitrogen and oxygen atoms in total. The maximum absolute atomic E-state index is 5.01. The first kappa shape index (κ1) is 16.4. The van der Waals surface area contributed by atoms with Gasteiger partial charge in [-0.15, -0.1) is 5.90 Å². The van der Waals surface area contributed by atoms with Crippen LogP contribution in [0.3, 0.4) is 0 Å². The molecule has 0 fully saturated rings. The molecule has 112 valence electrons. The molecule has 1 aromatic rings. The van der Waals surface area contributed by atoms with E-state index in [4.69, 9.17) is 5.90 Å². The van der Waals surface area contributed by atoms with Gasteiger partial charge in [0.05, 0.1) is 5.71 Å². The minimum atomic E-state index is 0.328. The highest BCUT2D eigenvalue weighted by atomic mass is 16.7. The Hall–Kier alpha value is -1.62. The summed E-state index contributed by atoms with van der Waals surface area (Å²) in [4.78, 5) is 8.88. The summed E-state index contributed by atoms with van der Waals surface area (Å²) in [5.41, 5.74) is 3.18. The number of oxime groups is 1. The maximum Gasteiger partial charge on any atom is 0.111 e. The highest BCUT2D eigenvalue weighted by molar-refractivity contribution is 5.98. The van der Waals surface area contributed by atoms with Crippen molar-refractivity contribution in [3.05, 3.63) is 29.4 Å². The molecular weight excluding hydrogens is 252 g/mol. The van der Waals surface area contributed by atoms with E-state index in [0.717, 1.165) is 23.5 Å². The lowest BCUT2D eigenvalue weighted by atomic mass is 9.93. The summed E-state index contributed by atoms with van der Waals surface area (Å²) in [5.74, 6) is 6.88. The van der Waals surface area contributed by atoms with Crippen LogP contribution in [0.25, 0.3) is 0 Å². The summed E-state index contributed by atoms with van der Waals surface area (Å²) in [6.07, 6.45) is 4.93. The van der Waals surface area contributed by atoms with Crippen molar-refractivity contribution in [1.29, 1.82) is 0 Å². The fourth-order valence-electron chi connectivity index (χ4n) is 2.59. The molecule has 1 unspecified atom stereocenters. The average molecular weight is 278 g/mol. The van der Waals surface area contributed by atoms with E-state index >= 15 is 0 Å². The normalized spacial score (nSPS) is 14.8. The second-order valence-electron chi connectivity index (χ2n) is 5.45. The van der Waals surface area contributed by atoms with Crippen LogP contribution in [0.5, 0.6) is 0 Å². The molecule has 0 aromatic carbocycles. The predicted octanol–water partition coefficient (Wildman–Crippen LogP) is 2.93. The van der Waals surface area contributed by atoms with Crippen LogP contribution in [-0.2, 0) is 18.4 Å². The van der Waals surface area contributed by atoms with Crippen molar-refractivity contribution in [2.24, 2.45) is 24.0 Å². The molecule has 0 aliphatic rings. The molecule has 0 aliphatic carbocycles. The molecule has 0 saturated heterocycles. The summed E-state index contributed by atoms with van der Waals surface area (Å²) < 4.78 is 2.18. The summed E-state index contributed by atoms with van der Waals surface area (Å²) >= 11 is 0. The van der Waals surface area contributed by atoms with E-state index in [-0.39, 0.29) is 0 Å². The zero-order valence-corrected chi connectivity index (χ0v) is 13.3. The Kier molecular flexibility index (Phi) is 5.95. The SMILES string of the molecule is C/C=C(\C(C)=N/ON)C(C)Cc1cnc(C(C)C)n1C. The van der Waals surface area contributed by atoms with E-state index in [1.54, 1.807) is 0 Å². The van der Waals surface area contributed by atoms with Crippen LogP contribution in [0.2, 0.25) is 0 Å². The van der Waals surface area contributed by atoms with Crippen LogP contribution in [0, 0.1) is 5.92 Å². The highest BCUT2D eigenvalue weighted by Gasteiger charge is 2.16.